The molecule has 3 rings (SSSR count). The first-order chi connectivity index (χ1) is 11.9. The molecule has 1 aliphatic carbocycles. The Kier molecular flexibility index (Phi) is 5.49. The van der Waals surface area contributed by atoms with E-state index in [0.717, 1.165) is 31.2 Å². The summed E-state index contributed by atoms with van der Waals surface area (Å²) in [4.78, 5) is 18.0. The lowest BCUT2D eigenvalue weighted by Gasteiger charge is -2.24. The molecule has 7 heteroatoms. The summed E-state index contributed by atoms with van der Waals surface area (Å²) in [6, 6.07) is 1.83. The monoisotopic (exact) mass is 356 g/mol. The molecule has 25 heavy (non-hydrogen) atoms. The minimum Gasteiger partial charge on any atom is -0.472 e. The number of carbonyl (C=O) groups is 1. The fraction of sp³-hybridized carbons (Fsp3) is 0.667. The van der Waals surface area contributed by atoms with Crippen molar-refractivity contribution in [3.63, 3.8) is 0 Å². The van der Waals surface area contributed by atoms with Crippen molar-refractivity contribution >= 4 is 5.91 Å². The highest BCUT2D eigenvalue weighted by atomic mass is 19.4. The Morgan fingerprint density at radius 2 is 2.00 bits per heavy atom. The van der Waals surface area contributed by atoms with E-state index < -0.39 is 11.7 Å². The van der Waals surface area contributed by atoms with Crippen LogP contribution in [0.4, 0.5) is 13.2 Å². The fourth-order valence-electron chi connectivity index (χ4n) is 3.64. The van der Waals surface area contributed by atoms with Crippen molar-refractivity contribution in [3.05, 3.63) is 23.9 Å². The second-order valence-corrected chi connectivity index (χ2v) is 6.96. The number of alkyl halides is 3. The first-order valence-electron chi connectivity index (χ1n) is 8.89. The lowest BCUT2D eigenvalue weighted by atomic mass is 9.87. The maximum absolute atomic E-state index is 12.7. The molecule has 1 saturated heterocycles. The number of hydrogen-bond acceptors (Lipinski definition) is 3. The van der Waals surface area contributed by atoms with Crippen LogP contribution >= 0.6 is 0 Å². The number of pyridine rings is 1. The zero-order chi connectivity index (χ0) is 17.9. The van der Waals surface area contributed by atoms with Crippen LogP contribution in [0.3, 0.4) is 0 Å². The normalized spacial score (nSPS) is 22.2. The highest BCUT2D eigenvalue weighted by molar-refractivity contribution is 5.76. The summed E-state index contributed by atoms with van der Waals surface area (Å²) in [5.74, 6) is 0.572. The lowest BCUT2D eigenvalue weighted by molar-refractivity contribution is -0.137. The number of rotatable bonds is 4. The third-order valence-electron chi connectivity index (χ3n) is 5.04. The molecule has 138 valence electrons. The number of likely N-dealkylation sites (tertiary alicyclic amines) is 1. The van der Waals surface area contributed by atoms with Crippen LogP contribution in [-0.2, 0) is 11.0 Å². The summed E-state index contributed by atoms with van der Waals surface area (Å²) < 4.78 is 43.8. The number of ether oxygens (including phenoxy) is 1. The molecule has 1 aromatic rings. The predicted molar refractivity (Wildman–Crippen MR) is 86.0 cm³/mol. The van der Waals surface area contributed by atoms with Crippen LogP contribution < -0.4 is 4.74 Å². The number of nitrogens with zero attached hydrogens (tertiary/aromatic N) is 2. The summed E-state index contributed by atoms with van der Waals surface area (Å²) in [7, 11) is 0. The molecule has 1 unspecified atom stereocenters. The smallest absolute Gasteiger partial charge is 0.416 e. The Bertz CT molecular complexity index is 600. The Morgan fingerprint density at radius 3 is 2.72 bits per heavy atom. The van der Waals surface area contributed by atoms with E-state index in [1.165, 1.54) is 19.3 Å². The van der Waals surface area contributed by atoms with E-state index in [1.807, 2.05) is 0 Å². The molecule has 0 bridgehead atoms. The van der Waals surface area contributed by atoms with Crippen LogP contribution in [0.1, 0.15) is 50.5 Å². The second kappa shape index (κ2) is 7.62. The quantitative estimate of drug-likeness (QED) is 0.817. The third-order valence-corrected chi connectivity index (χ3v) is 5.04. The predicted octanol–water partition coefficient (Wildman–Crippen LogP) is 4.05. The first-order valence-corrected chi connectivity index (χ1v) is 8.89. The topological polar surface area (TPSA) is 42.4 Å². The molecule has 0 radical (unpaired) electrons. The van der Waals surface area contributed by atoms with Gasteiger partial charge in [-0.2, -0.15) is 13.2 Å². The van der Waals surface area contributed by atoms with Gasteiger partial charge >= 0.3 is 6.18 Å². The Labute approximate surface area is 145 Å². The maximum Gasteiger partial charge on any atom is 0.416 e. The van der Waals surface area contributed by atoms with E-state index in [2.05, 4.69) is 4.98 Å². The molecule has 2 fully saturated rings. The van der Waals surface area contributed by atoms with Crippen LogP contribution in [0.2, 0.25) is 0 Å². The minimum absolute atomic E-state index is 0.0404. The third kappa shape index (κ3) is 4.86. The van der Waals surface area contributed by atoms with Gasteiger partial charge in [0.2, 0.25) is 11.8 Å². The number of aromatic nitrogens is 1. The highest BCUT2D eigenvalue weighted by Crippen LogP contribution is 2.31. The van der Waals surface area contributed by atoms with Gasteiger partial charge in [-0.15, -0.1) is 0 Å². The number of amides is 1. The molecular weight excluding hydrogens is 333 g/mol. The van der Waals surface area contributed by atoms with E-state index in [4.69, 9.17) is 4.74 Å². The fourth-order valence-corrected chi connectivity index (χ4v) is 3.64. The van der Waals surface area contributed by atoms with Crippen molar-refractivity contribution in [2.45, 2.75) is 57.2 Å². The molecule has 1 saturated carbocycles. The van der Waals surface area contributed by atoms with Gasteiger partial charge in [0, 0.05) is 31.6 Å². The highest BCUT2D eigenvalue weighted by Gasteiger charge is 2.32. The average molecular weight is 356 g/mol. The standard InChI is InChI=1S/C18H23F3N2O2/c19-18(20,21)14-6-8-22-16(11-14)25-15-7-9-23(12-15)17(24)10-13-4-2-1-3-5-13/h6,8,11,13,15H,1-5,7,9-10,12H2. The average Bonchev–Trinajstić information content (AvgIpc) is 3.04. The van der Waals surface area contributed by atoms with Gasteiger partial charge in [0.25, 0.3) is 0 Å². The zero-order valence-corrected chi connectivity index (χ0v) is 14.1. The molecule has 1 aromatic heterocycles. The molecule has 4 nitrogen and oxygen atoms in total. The van der Waals surface area contributed by atoms with Crippen molar-refractivity contribution in [2.24, 2.45) is 5.92 Å². The van der Waals surface area contributed by atoms with Crippen molar-refractivity contribution in [1.82, 2.24) is 9.88 Å². The maximum atomic E-state index is 12.7. The Morgan fingerprint density at radius 1 is 1.24 bits per heavy atom. The van der Waals surface area contributed by atoms with Gasteiger partial charge in [-0.3, -0.25) is 4.79 Å². The van der Waals surface area contributed by atoms with Crippen molar-refractivity contribution in [2.75, 3.05) is 13.1 Å². The molecule has 1 atom stereocenters. The molecule has 0 spiro atoms. The van der Waals surface area contributed by atoms with E-state index in [-0.39, 0.29) is 17.9 Å². The van der Waals surface area contributed by atoms with E-state index in [9.17, 15) is 18.0 Å². The minimum atomic E-state index is -4.42. The van der Waals surface area contributed by atoms with Crippen molar-refractivity contribution in [1.29, 1.82) is 0 Å². The van der Waals surface area contributed by atoms with Gasteiger partial charge in [0.15, 0.2) is 0 Å². The van der Waals surface area contributed by atoms with E-state index in [1.54, 1.807) is 4.90 Å². The summed E-state index contributed by atoms with van der Waals surface area (Å²) in [6.45, 7) is 1.01. The summed E-state index contributed by atoms with van der Waals surface area (Å²) in [5.41, 5.74) is -0.777. The molecule has 1 aliphatic heterocycles. The lowest BCUT2D eigenvalue weighted by Crippen LogP contribution is -2.32. The van der Waals surface area contributed by atoms with Gasteiger partial charge in [-0.05, 0) is 24.8 Å². The first kappa shape index (κ1) is 18.0. The number of hydrogen-bond donors (Lipinski definition) is 0. The Hall–Kier alpha value is -1.79. The number of halogens is 3. The van der Waals surface area contributed by atoms with Crippen LogP contribution in [0.5, 0.6) is 5.88 Å². The zero-order valence-electron chi connectivity index (χ0n) is 14.1. The van der Waals surface area contributed by atoms with Gasteiger partial charge in [-0.1, -0.05) is 19.3 Å². The van der Waals surface area contributed by atoms with Crippen molar-refractivity contribution in [3.8, 4) is 5.88 Å². The summed E-state index contributed by atoms with van der Waals surface area (Å²) in [5, 5.41) is 0. The van der Waals surface area contributed by atoms with E-state index in [0.29, 0.717) is 31.8 Å². The van der Waals surface area contributed by atoms with Crippen LogP contribution in [0.15, 0.2) is 18.3 Å². The van der Waals surface area contributed by atoms with Gasteiger partial charge in [0.05, 0.1) is 12.1 Å². The van der Waals surface area contributed by atoms with Crippen LogP contribution in [-0.4, -0.2) is 35.0 Å². The van der Waals surface area contributed by atoms with E-state index >= 15 is 0 Å². The summed E-state index contributed by atoms with van der Waals surface area (Å²) in [6.07, 6.45) is 3.47. The molecule has 2 aliphatic rings. The molecule has 1 amide bonds. The molecular formula is C18H23F3N2O2. The Balaban J connectivity index is 1.52. The van der Waals surface area contributed by atoms with Crippen molar-refractivity contribution < 1.29 is 22.7 Å². The summed E-state index contributed by atoms with van der Waals surface area (Å²) >= 11 is 0. The van der Waals surface area contributed by atoms with Gasteiger partial charge in [-0.25, -0.2) is 4.98 Å². The van der Waals surface area contributed by atoms with Gasteiger partial charge in [0.1, 0.15) is 6.10 Å². The molecule has 0 N–H and O–H groups in total. The largest absolute Gasteiger partial charge is 0.472 e. The van der Waals surface area contributed by atoms with Crippen LogP contribution in [0.25, 0.3) is 0 Å². The second-order valence-electron chi connectivity index (χ2n) is 6.96. The molecule has 0 aromatic carbocycles. The van der Waals surface area contributed by atoms with Gasteiger partial charge < -0.3 is 9.64 Å². The SMILES string of the molecule is O=C(CC1CCCCC1)N1CCC(Oc2cc(C(F)(F)F)ccn2)C1. The molecule has 2 heterocycles. The van der Waals surface area contributed by atoms with Crippen LogP contribution in [0, 0.1) is 5.92 Å². The number of carbonyl (C=O) groups excluding carboxylic acids is 1.